The van der Waals surface area contributed by atoms with Gasteiger partial charge in [-0.15, -0.1) is 0 Å². The van der Waals surface area contributed by atoms with Crippen molar-refractivity contribution in [3.05, 3.63) is 23.3 Å². The van der Waals surface area contributed by atoms with Gasteiger partial charge in [0.2, 0.25) is 0 Å². The zero-order chi connectivity index (χ0) is 9.97. The number of rotatable bonds is 3. The number of unbranched alkanes of at least 4 members (excludes halogenated alkanes) is 1. The Hall–Kier alpha value is -1.18. The third-order valence-corrected chi connectivity index (χ3v) is 2.72. The quantitative estimate of drug-likeness (QED) is 0.797. The molecule has 0 spiro atoms. The monoisotopic (exact) mass is 192 g/mol. The van der Waals surface area contributed by atoms with Gasteiger partial charge in [0.25, 0.3) is 0 Å². The highest BCUT2D eigenvalue weighted by molar-refractivity contribution is 5.51. The van der Waals surface area contributed by atoms with Crippen LogP contribution in [0.3, 0.4) is 0 Å². The van der Waals surface area contributed by atoms with Gasteiger partial charge in [0, 0.05) is 12.0 Å². The molecule has 0 unspecified atom stereocenters. The topological polar surface area (TPSA) is 29.5 Å². The second kappa shape index (κ2) is 3.91. The Balaban J connectivity index is 2.31. The fourth-order valence-corrected chi connectivity index (χ4v) is 1.90. The minimum absolute atomic E-state index is 0.388. The SMILES string of the molecule is CCCCc1c(O)ccc2c1OCC2. The number of hydrogen-bond donors (Lipinski definition) is 1. The summed E-state index contributed by atoms with van der Waals surface area (Å²) in [6.45, 7) is 2.92. The number of benzene rings is 1. The molecule has 0 aliphatic carbocycles. The van der Waals surface area contributed by atoms with Crippen LogP contribution in [0, 0.1) is 0 Å². The molecule has 14 heavy (non-hydrogen) atoms. The maximum Gasteiger partial charge on any atom is 0.129 e. The first-order valence-corrected chi connectivity index (χ1v) is 5.29. The Labute approximate surface area is 84.5 Å². The van der Waals surface area contributed by atoms with Crippen LogP contribution in [0.5, 0.6) is 11.5 Å². The number of aromatic hydroxyl groups is 1. The van der Waals surface area contributed by atoms with Crippen molar-refractivity contribution in [3.8, 4) is 11.5 Å². The number of hydrogen-bond acceptors (Lipinski definition) is 2. The van der Waals surface area contributed by atoms with Crippen molar-refractivity contribution < 1.29 is 9.84 Å². The van der Waals surface area contributed by atoms with Crippen LogP contribution in [0.4, 0.5) is 0 Å². The summed E-state index contributed by atoms with van der Waals surface area (Å²) in [5.74, 6) is 1.33. The summed E-state index contributed by atoms with van der Waals surface area (Å²) in [6.07, 6.45) is 4.15. The standard InChI is InChI=1S/C12H16O2/c1-2-3-4-10-11(13)6-5-9-7-8-14-12(9)10/h5-6,13H,2-4,7-8H2,1H3. The molecule has 0 bridgehead atoms. The zero-order valence-corrected chi connectivity index (χ0v) is 8.55. The van der Waals surface area contributed by atoms with Gasteiger partial charge in [-0.05, 0) is 24.5 Å². The third kappa shape index (κ3) is 1.57. The Bertz CT molecular complexity index is 331. The van der Waals surface area contributed by atoms with Crippen molar-refractivity contribution >= 4 is 0 Å². The van der Waals surface area contributed by atoms with Gasteiger partial charge in [0.15, 0.2) is 0 Å². The zero-order valence-electron chi connectivity index (χ0n) is 8.55. The second-order valence-corrected chi connectivity index (χ2v) is 3.75. The van der Waals surface area contributed by atoms with Crippen molar-refractivity contribution in [2.75, 3.05) is 6.61 Å². The van der Waals surface area contributed by atoms with Crippen LogP contribution in [0.1, 0.15) is 30.9 Å². The number of phenolic OH excluding ortho intramolecular Hbond substituents is 1. The largest absolute Gasteiger partial charge is 0.508 e. The highest BCUT2D eigenvalue weighted by Crippen LogP contribution is 2.36. The summed E-state index contributed by atoms with van der Waals surface area (Å²) in [5.41, 5.74) is 2.25. The minimum Gasteiger partial charge on any atom is -0.508 e. The lowest BCUT2D eigenvalue weighted by atomic mass is 10.0. The third-order valence-electron chi connectivity index (χ3n) is 2.72. The van der Waals surface area contributed by atoms with Crippen molar-refractivity contribution in [2.45, 2.75) is 32.6 Å². The Morgan fingerprint density at radius 1 is 1.43 bits per heavy atom. The fourth-order valence-electron chi connectivity index (χ4n) is 1.90. The van der Waals surface area contributed by atoms with Gasteiger partial charge >= 0.3 is 0 Å². The summed E-state index contributed by atoms with van der Waals surface area (Å²) in [7, 11) is 0. The molecule has 1 aliphatic heterocycles. The normalized spacial score (nSPS) is 13.8. The molecule has 1 aliphatic rings. The molecule has 2 nitrogen and oxygen atoms in total. The van der Waals surface area contributed by atoms with Crippen LogP contribution in [0.15, 0.2) is 12.1 Å². The summed E-state index contributed by atoms with van der Waals surface area (Å²) in [6, 6.07) is 3.76. The molecule has 0 saturated carbocycles. The van der Waals surface area contributed by atoms with Crippen molar-refractivity contribution in [1.82, 2.24) is 0 Å². The predicted molar refractivity (Wildman–Crippen MR) is 55.9 cm³/mol. The average molecular weight is 192 g/mol. The number of phenols is 1. The molecular formula is C12H16O2. The summed E-state index contributed by atoms with van der Waals surface area (Å²) in [5, 5.41) is 9.72. The maximum absolute atomic E-state index is 9.72. The molecule has 2 rings (SSSR count). The van der Waals surface area contributed by atoms with Gasteiger partial charge in [-0.3, -0.25) is 0 Å². The van der Waals surface area contributed by atoms with Crippen LogP contribution in [-0.2, 0) is 12.8 Å². The molecule has 1 aromatic rings. The van der Waals surface area contributed by atoms with Gasteiger partial charge in [0.05, 0.1) is 6.61 Å². The summed E-state index contributed by atoms with van der Waals surface area (Å²) in [4.78, 5) is 0. The van der Waals surface area contributed by atoms with Crippen LogP contribution in [0.25, 0.3) is 0 Å². The van der Waals surface area contributed by atoms with Gasteiger partial charge in [-0.25, -0.2) is 0 Å². The van der Waals surface area contributed by atoms with Crippen molar-refractivity contribution in [3.63, 3.8) is 0 Å². The van der Waals surface area contributed by atoms with Crippen molar-refractivity contribution in [1.29, 1.82) is 0 Å². The summed E-state index contributed by atoms with van der Waals surface area (Å²) >= 11 is 0. The maximum atomic E-state index is 9.72. The molecule has 0 saturated heterocycles. The molecular weight excluding hydrogens is 176 g/mol. The highest BCUT2D eigenvalue weighted by Gasteiger charge is 2.18. The molecule has 2 heteroatoms. The first-order chi connectivity index (χ1) is 6.83. The van der Waals surface area contributed by atoms with E-state index < -0.39 is 0 Å². The first kappa shape index (κ1) is 9.38. The van der Waals surface area contributed by atoms with E-state index in [1.807, 2.05) is 6.07 Å². The van der Waals surface area contributed by atoms with E-state index in [2.05, 4.69) is 6.92 Å². The van der Waals surface area contributed by atoms with E-state index in [1.165, 1.54) is 5.56 Å². The van der Waals surface area contributed by atoms with Gasteiger partial charge < -0.3 is 9.84 Å². The fraction of sp³-hybridized carbons (Fsp3) is 0.500. The average Bonchev–Trinajstić information content (AvgIpc) is 2.64. The Morgan fingerprint density at radius 3 is 3.07 bits per heavy atom. The molecule has 0 amide bonds. The van der Waals surface area contributed by atoms with E-state index >= 15 is 0 Å². The smallest absolute Gasteiger partial charge is 0.129 e. The number of fused-ring (bicyclic) bond motifs is 1. The molecule has 0 atom stereocenters. The van der Waals surface area contributed by atoms with E-state index in [9.17, 15) is 5.11 Å². The lowest BCUT2D eigenvalue weighted by Gasteiger charge is -2.09. The first-order valence-electron chi connectivity index (χ1n) is 5.29. The molecule has 0 aromatic heterocycles. The highest BCUT2D eigenvalue weighted by atomic mass is 16.5. The molecule has 1 N–H and O–H groups in total. The van der Waals surface area contributed by atoms with E-state index in [0.717, 1.165) is 43.6 Å². The van der Waals surface area contributed by atoms with Crippen LogP contribution < -0.4 is 4.74 Å². The lowest BCUT2D eigenvalue weighted by molar-refractivity contribution is 0.349. The van der Waals surface area contributed by atoms with E-state index in [-0.39, 0.29) is 0 Å². The predicted octanol–water partition coefficient (Wildman–Crippen LogP) is 2.67. The molecule has 76 valence electrons. The van der Waals surface area contributed by atoms with Gasteiger partial charge in [-0.1, -0.05) is 19.4 Å². The number of ether oxygens (including phenoxy) is 1. The van der Waals surface area contributed by atoms with Crippen LogP contribution in [-0.4, -0.2) is 11.7 Å². The van der Waals surface area contributed by atoms with Crippen LogP contribution in [0.2, 0.25) is 0 Å². The van der Waals surface area contributed by atoms with Gasteiger partial charge in [-0.2, -0.15) is 0 Å². The molecule has 0 fully saturated rings. The molecule has 1 aromatic carbocycles. The summed E-state index contributed by atoms with van der Waals surface area (Å²) < 4.78 is 5.55. The second-order valence-electron chi connectivity index (χ2n) is 3.75. The molecule has 1 heterocycles. The Morgan fingerprint density at radius 2 is 2.29 bits per heavy atom. The van der Waals surface area contributed by atoms with E-state index in [1.54, 1.807) is 6.07 Å². The minimum atomic E-state index is 0.388. The van der Waals surface area contributed by atoms with E-state index in [4.69, 9.17) is 4.74 Å². The van der Waals surface area contributed by atoms with Crippen LogP contribution >= 0.6 is 0 Å². The van der Waals surface area contributed by atoms with Crippen molar-refractivity contribution in [2.24, 2.45) is 0 Å². The lowest BCUT2D eigenvalue weighted by Crippen LogP contribution is -1.92. The van der Waals surface area contributed by atoms with Gasteiger partial charge in [0.1, 0.15) is 11.5 Å². The molecule has 0 radical (unpaired) electrons. The van der Waals surface area contributed by atoms with E-state index in [0.29, 0.717) is 5.75 Å². The Kier molecular flexibility index (Phi) is 2.62.